The van der Waals surface area contributed by atoms with E-state index in [0.717, 1.165) is 4.88 Å². The molecule has 0 fully saturated rings. The first-order valence-electron chi connectivity index (χ1n) is 6.59. The Labute approximate surface area is 137 Å². The molecular formula is C15H12N2O4S2. The largest absolute Gasteiger partial charge is 0.294 e. The molecule has 23 heavy (non-hydrogen) atoms. The van der Waals surface area contributed by atoms with Crippen LogP contribution >= 0.6 is 11.3 Å². The summed E-state index contributed by atoms with van der Waals surface area (Å²) in [6.07, 6.45) is 1.78. The van der Waals surface area contributed by atoms with Gasteiger partial charge in [-0.05, 0) is 48.7 Å². The number of anilines is 1. The van der Waals surface area contributed by atoms with Gasteiger partial charge in [-0.3, -0.25) is 9.35 Å². The number of carbonyl (C=O) groups is 1. The molecule has 1 aliphatic heterocycles. The van der Waals surface area contributed by atoms with Crippen LogP contribution in [0, 0.1) is 0 Å². The molecule has 1 aromatic carbocycles. The van der Waals surface area contributed by atoms with Gasteiger partial charge in [-0.1, -0.05) is 6.07 Å². The summed E-state index contributed by atoms with van der Waals surface area (Å²) >= 11 is 1.52. The number of hydrogen-bond donors (Lipinski definition) is 1. The Kier molecular flexibility index (Phi) is 3.88. The Balaban J connectivity index is 1.92. The summed E-state index contributed by atoms with van der Waals surface area (Å²) in [5.41, 5.74) is 1.50. The molecule has 0 bridgehead atoms. The van der Waals surface area contributed by atoms with E-state index >= 15 is 0 Å². The molecule has 1 amide bonds. The van der Waals surface area contributed by atoms with Gasteiger partial charge in [-0.2, -0.15) is 18.5 Å². The Morgan fingerprint density at radius 3 is 2.48 bits per heavy atom. The number of hydrazone groups is 1. The predicted octanol–water partition coefficient (Wildman–Crippen LogP) is 2.80. The standard InChI is InChI=1S/C15H12N2O4S2/c1-10-14(9-12-3-2-8-22-12)15(18)17(16-10)11-4-6-13(7-5-11)23(19,20)21/h2-9H,1H3,(H,19,20,21)/b14-9-. The maximum Gasteiger partial charge on any atom is 0.294 e. The highest BCUT2D eigenvalue weighted by atomic mass is 32.2. The van der Waals surface area contributed by atoms with Gasteiger partial charge < -0.3 is 0 Å². The average molecular weight is 348 g/mol. The van der Waals surface area contributed by atoms with Gasteiger partial charge in [0.25, 0.3) is 16.0 Å². The number of thiophene rings is 1. The fourth-order valence-corrected chi connectivity index (χ4v) is 3.27. The van der Waals surface area contributed by atoms with Crippen LogP contribution in [0.15, 0.2) is 57.3 Å². The lowest BCUT2D eigenvalue weighted by Crippen LogP contribution is -2.21. The van der Waals surface area contributed by atoms with Gasteiger partial charge in [-0.25, -0.2) is 0 Å². The summed E-state index contributed by atoms with van der Waals surface area (Å²) in [4.78, 5) is 13.2. The normalized spacial score (nSPS) is 17.0. The molecule has 2 heterocycles. The molecule has 0 spiro atoms. The zero-order valence-electron chi connectivity index (χ0n) is 12.0. The van der Waals surface area contributed by atoms with Crippen molar-refractivity contribution in [2.45, 2.75) is 11.8 Å². The van der Waals surface area contributed by atoms with E-state index in [9.17, 15) is 13.2 Å². The SMILES string of the molecule is CC1=NN(c2ccc(S(=O)(=O)O)cc2)C(=O)/C1=C\c1cccs1. The summed E-state index contributed by atoms with van der Waals surface area (Å²) in [5.74, 6) is -0.282. The molecule has 1 N–H and O–H groups in total. The number of rotatable bonds is 3. The van der Waals surface area contributed by atoms with Crippen molar-refractivity contribution in [1.82, 2.24) is 0 Å². The van der Waals surface area contributed by atoms with Crippen LogP contribution in [0.1, 0.15) is 11.8 Å². The minimum atomic E-state index is -4.26. The minimum absolute atomic E-state index is 0.233. The molecule has 3 rings (SSSR count). The van der Waals surface area contributed by atoms with Crippen molar-refractivity contribution in [3.8, 4) is 0 Å². The highest BCUT2D eigenvalue weighted by Gasteiger charge is 2.29. The van der Waals surface area contributed by atoms with E-state index in [0.29, 0.717) is 17.0 Å². The first-order chi connectivity index (χ1) is 10.9. The summed E-state index contributed by atoms with van der Waals surface area (Å²) in [6.45, 7) is 1.74. The van der Waals surface area contributed by atoms with E-state index in [1.807, 2.05) is 17.5 Å². The van der Waals surface area contributed by atoms with Crippen molar-refractivity contribution in [3.63, 3.8) is 0 Å². The number of hydrogen-bond acceptors (Lipinski definition) is 5. The first kappa shape index (κ1) is 15.6. The van der Waals surface area contributed by atoms with Gasteiger partial charge in [0.1, 0.15) is 0 Å². The Morgan fingerprint density at radius 2 is 1.91 bits per heavy atom. The van der Waals surface area contributed by atoms with Crippen molar-refractivity contribution in [2.75, 3.05) is 5.01 Å². The monoisotopic (exact) mass is 348 g/mol. The van der Waals surface area contributed by atoms with Gasteiger partial charge in [-0.15, -0.1) is 11.3 Å². The molecule has 8 heteroatoms. The zero-order chi connectivity index (χ0) is 16.6. The number of carbonyl (C=O) groups excluding carboxylic acids is 1. The van der Waals surface area contributed by atoms with Crippen molar-refractivity contribution in [3.05, 3.63) is 52.2 Å². The average Bonchev–Trinajstić information content (AvgIpc) is 3.10. The molecule has 1 aliphatic rings. The van der Waals surface area contributed by atoms with E-state index < -0.39 is 10.1 Å². The molecule has 0 saturated carbocycles. The molecule has 118 valence electrons. The van der Waals surface area contributed by atoms with Gasteiger partial charge in [0.2, 0.25) is 0 Å². The molecule has 2 aromatic rings. The smallest absolute Gasteiger partial charge is 0.282 e. The van der Waals surface area contributed by atoms with Gasteiger partial charge >= 0.3 is 0 Å². The Morgan fingerprint density at radius 1 is 1.22 bits per heavy atom. The van der Waals surface area contributed by atoms with Crippen LogP contribution in [0.2, 0.25) is 0 Å². The lowest BCUT2D eigenvalue weighted by molar-refractivity contribution is -0.114. The van der Waals surface area contributed by atoms with Crippen LogP contribution < -0.4 is 5.01 Å². The zero-order valence-corrected chi connectivity index (χ0v) is 13.6. The molecule has 0 unspecified atom stereocenters. The fraction of sp³-hybridized carbons (Fsp3) is 0.0667. The Hall–Kier alpha value is -2.29. The van der Waals surface area contributed by atoms with Crippen LogP contribution in [0.25, 0.3) is 6.08 Å². The molecule has 0 aliphatic carbocycles. The second-order valence-corrected chi connectivity index (χ2v) is 7.25. The summed E-state index contributed by atoms with van der Waals surface area (Å²) in [5, 5.41) is 7.35. The van der Waals surface area contributed by atoms with E-state index in [4.69, 9.17) is 4.55 Å². The van der Waals surface area contributed by atoms with E-state index in [1.165, 1.54) is 40.6 Å². The fourth-order valence-electron chi connectivity index (χ4n) is 2.13. The predicted molar refractivity (Wildman–Crippen MR) is 89.1 cm³/mol. The van der Waals surface area contributed by atoms with Crippen molar-refractivity contribution >= 4 is 44.8 Å². The second kappa shape index (κ2) is 5.73. The maximum atomic E-state index is 12.5. The lowest BCUT2D eigenvalue weighted by Gasteiger charge is -2.11. The van der Waals surface area contributed by atoms with Crippen LogP contribution in [0.5, 0.6) is 0 Å². The molecule has 1 aromatic heterocycles. The number of nitrogens with zero attached hydrogens (tertiary/aromatic N) is 2. The van der Waals surface area contributed by atoms with Crippen molar-refractivity contribution < 1.29 is 17.8 Å². The van der Waals surface area contributed by atoms with Gasteiger partial charge in [0.15, 0.2) is 0 Å². The summed E-state index contributed by atoms with van der Waals surface area (Å²) in [7, 11) is -4.26. The molecule has 6 nitrogen and oxygen atoms in total. The highest BCUT2D eigenvalue weighted by molar-refractivity contribution is 7.85. The maximum absolute atomic E-state index is 12.5. The van der Waals surface area contributed by atoms with Crippen LogP contribution in [-0.2, 0) is 14.9 Å². The first-order valence-corrected chi connectivity index (χ1v) is 8.91. The van der Waals surface area contributed by atoms with E-state index in [2.05, 4.69) is 5.10 Å². The third-order valence-electron chi connectivity index (χ3n) is 3.27. The lowest BCUT2D eigenvalue weighted by atomic mass is 10.1. The summed E-state index contributed by atoms with van der Waals surface area (Å²) < 4.78 is 31.1. The highest BCUT2D eigenvalue weighted by Crippen LogP contribution is 2.26. The van der Waals surface area contributed by atoms with Crippen LogP contribution in [-0.4, -0.2) is 24.6 Å². The molecule has 0 radical (unpaired) electrons. The van der Waals surface area contributed by atoms with E-state index in [-0.39, 0.29) is 10.8 Å². The molecular weight excluding hydrogens is 336 g/mol. The topological polar surface area (TPSA) is 87.0 Å². The molecule has 0 atom stereocenters. The molecule has 0 saturated heterocycles. The minimum Gasteiger partial charge on any atom is -0.282 e. The van der Waals surface area contributed by atoms with Crippen molar-refractivity contribution in [2.24, 2.45) is 5.10 Å². The third-order valence-corrected chi connectivity index (χ3v) is 4.96. The van der Waals surface area contributed by atoms with Gasteiger partial charge in [0.05, 0.1) is 21.9 Å². The van der Waals surface area contributed by atoms with Crippen LogP contribution in [0.3, 0.4) is 0 Å². The van der Waals surface area contributed by atoms with Crippen LogP contribution in [0.4, 0.5) is 5.69 Å². The van der Waals surface area contributed by atoms with Gasteiger partial charge in [0, 0.05) is 4.88 Å². The van der Waals surface area contributed by atoms with E-state index in [1.54, 1.807) is 13.0 Å². The quantitative estimate of drug-likeness (QED) is 0.682. The number of benzene rings is 1. The third kappa shape index (κ3) is 3.09. The Bertz CT molecular complexity index is 911. The second-order valence-electron chi connectivity index (χ2n) is 4.84. The number of amides is 1. The summed E-state index contributed by atoms with van der Waals surface area (Å²) in [6, 6.07) is 9.10. The van der Waals surface area contributed by atoms with Crippen molar-refractivity contribution in [1.29, 1.82) is 0 Å².